The highest BCUT2D eigenvalue weighted by Gasteiger charge is 2.20. The van der Waals surface area contributed by atoms with E-state index in [0.29, 0.717) is 12.6 Å². The average Bonchev–Trinajstić information content (AvgIpc) is 2.33. The van der Waals surface area contributed by atoms with E-state index in [4.69, 9.17) is 11.6 Å². The van der Waals surface area contributed by atoms with Crippen LogP contribution in [0, 0.1) is 0 Å². The van der Waals surface area contributed by atoms with Crippen molar-refractivity contribution in [3.8, 4) is 0 Å². The van der Waals surface area contributed by atoms with E-state index in [2.05, 4.69) is 37.1 Å². The largest absolute Gasteiger partial charge is 0.389 e. The number of hydrogen-bond acceptors (Lipinski definition) is 3. The van der Waals surface area contributed by atoms with E-state index >= 15 is 0 Å². The van der Waals surface area contributed by atoms with Crippen LogP contribution < -0.4 is 10.2 Å². The van der Waals surface area contributed by atoms with Gasteiger partial charge < -0.3 is 15.3 Å². The molecule has 0 amide bonds. The third-order valence-corrected chi connectivity index (χ3v) is 3.44. The standard InChI is InChI=1S/C16H27ClN2O/c1-6-19(11-16(4,5)20)15-9-7-8-14(17)13(15)10-18-12(2)3/h7-9,12,18,20H,6,10-11H2,1-5H3. The van der Waals surface area contributed by atoms with Gasteiger partial charge in [-0.15, -0.1) is 0 Å². The minimum absolute atomic E-state index is 0.406. The molecule has 1 aromatic carbocycles. The first-order valence-corrected chi connectivity index (χ1v) is 7.60. The van der Waals surface area contributed by atoms with Gasteiger partial charge in [-0.25, -0.2) is 0 Å². The summed E-state index contributed by atoms with van der Waals surface area (Å²) in [6.07, 6.45) is 0. The molecule has 0 aliphatic rings. The molecule has 0 aliphatic carbocycles. The summed E-state index contributed by atoms with van der Waals surface area (Å²) in [7, 11) is 0. The number of likely N-dealkylation sites (N-methyl/N-ethyl adjacent to an activating group) is 1. The molecular weight excluding hydrogens is 272 g/mol. The number of nitrogens with one attached hydrogen (secondary N) is 1. The minimum Gasteiger partial charge on any atom is -0.389 e. The van der Waals surface area contributed by atoms with Gasteiger partial charge in [0.15, 0.2) is 0 Å². The van der Waals surface area contributed by atoms with Crippen molar-refractivity contribution in [2.45, 2.75) is 52.8 Å². The third-order valence-electron chi connectivity index (χ3n) is 3.08. The van der Waals surface area contributed by atoms with Gasteiger partial charge in [-0.1, -0.05) is 31.5 Å². The highest BCUT2D eigenvalue weighted by atomic mass is 35.5. The van der Waals surface area contributed by atoms with Gasteiger partial charge in [0.1, 0.15) is 0 Å². The maximum Gasteiger partial charge on any atom is 0.0765 e. The van der Waals surface area contributed by atoms with Crippen molar-refractivity contribution in [2.75, 3.05) is 18.0 Å². The summed E-state index contributed by atoms with van der Waals surface area (Å²) in [5, 5.41) is 14.2. The molecule has 1 aromatic rings. The fourth-order valence-electron chi connectivity index (χ4n) is 2.16. The van der Waals surface area contributed by atoms with Crippen LogP contribution in [0.15, 0.2) is 18.2 Å². The molecule has 0 unspecified atom stereocenters. The molecule has 0 radical (unpaired) electrons. The van der Waals surface area contributed by atoms with Crippen molar-refractivity contribution in [1.29, 1.82) is 0 Å². The minimum atomic E-state index is -0.735. The SMILES string of the molecule is CCN(CC(C)(C)O)c1cccc(Cl)c1CNC(C)C. The van der Waals surface area contributed by atoms with E-state index in [0.717, 1.165) is 29.4 Å². The lowest BCUT2D eigenvalue weighted by Crippen LogP contribution is -2.39. The van der Waals surface area contributed by atoms with Crippen LogP contribution in [0.25, 0.3) is 0 Å². The van der Waals surface area contributed by atoms with Gasteiger partial charge in [0.2, 0.25) is 0 Å². The first-order valence-electron chi connectivity index (χ1n) is 7.22. The number of nitrogens with zero attached hydrogens (tertiary/aromatic N) is 1. The van der Waals surface area contributed by atoms with Crippen LogP contribution in [0.4, 0.5) is 5.69 Å². The van der Waals surface area contributed by atoms with Crippen molar-refractivity contribution in [3.05, 3.63) is 28.8 Å². The van der Waals surface area contributed by atoms with Crippen LogP contribution in [-0.4, -0.2) is 29.8 Å². The Labute approximate surface area is 127 Å². The van der Waals surface area contributed by atoms with Gasteiger partial charge in [0, 0.05) is 41.9 Å². The number of hydrogen-bond donors (Lipinski definition) is 2. The summed E-state index contributed by atoms with van der Waals surface area (Å²) in [4.78, 5) is 2.17. The molecule has 0 saturated carbocycles. The van der Waals surface area contributed by atoms with Crippen LogP contribution in [0.3, 0.4) is 0 Å². The highest BCUT2D eigenvalue weighted by molar-refractivity contribution is 6.31. The van der Waals surface area contributed by atoms with E-state index in [1.807, 2.05) is 26.0 Å². The topological polar surface area (TPSA) is 35.5 Å². The van der Waals surface area contributed by atoms with Gasteiger partial charge >= 0.3 is 0 Å². The molecule has 0 atom stereocenters. The van der Waals surface area contributed by atoms with E-state index in [1.54, 1.807) is 0 Å². The van der Waals surface area contributed by atoms with Gasteiger partial charge in [0.05, 0.1) is 5.60 Å². The van der Waals surface area contributed by atoms with Crippen LogP contribution in [0.1, 0.15) is 40.2 Å². The van der Waals surface area contributed by atoms with Crippen LogP contribution in [0.5, 0.6) is 0 Å². The number of anilines is 1. The average molecular weight is 299 g/mol. The zero-order valence-corrected chi connectivity index (χ0v) is 14.0. The quantitative estimate of drug-likeness (QED) is 0.809. The van der Waals surface area contributed by atoms with E-state index < -0.39 is 5.60 Å². The van der Waals surface area contributed by atoms with Crippen molar-refractivity contribution < 1.29 is 5.11 Å². The number of benzene rings is 1. The normalized spacial score (nSPS) is 12.0. The maximum atomic E-state index is 10.1. The lowest BCUT2D eigenvalue weighted by atomic mass is 10.1. The molecule has 4 heteroatoms. The van der Waals surface area contributed by atoms with E-state index in [-0.39, 0.29) is 0 Å². The Bertz CT molecular complexity index is 427. The molecule has 114 valence electrons. The molecule has 0 spiro atoms. The lowest BCUT2D eigenvalue weighted by Gasteiger charge is -2.32. The Morgan fingerprint density at radius 1 is 1.35 bits per heavy atom. The third kappa shape index (κ3) is 5.31. The summed E-state index contributed by atoms with van der Waals surface area (Å²) < 4.78 is 0. The Kier molecular flexibility index (Phi) is 6.31. The molecule has 0 aliphatic heterocycles. The van der Waals surface area contributed by atoms with Gasteiger partial charge in [-0.2, -0.15) is 0 Å². The molecule has 0 bridgehead atoms. The second-order valence-electron chi connectivity index (χ2n) is 6.10. The summed E-state index contributed by atoms with van der Waals surface area (Å²) in [5.74, 6) is 0. The zero-order valence-electron chi connectivity index (χ0n) is 13.2. The van der Waals surface area contributed by atoms with Crippen molar-refractivity contribution in [1.82, 2.24) is 5.32 Å². The van der Waals surface area contributed by atoms with E-state index in [1.165, 1.54) is 0 Å². The Balaban J connectivity index is 3.05. The lowest BCUT2D eigenvalue weighted by molar-refractivity contribution is 0.0875. The monoisotopic (exact) mass is 298 g/mol. The smallest absolute Gasteiger partial charge is 0.0765 e. The molecule has 0 fully saturated rings. The van der Waals surface area contributed by atoms with Crippen LogP contribution >= 0.6 is 11.6 Å². The Morgan fingerprint density at radius 2 is 2.00 bits per heavy atom. The number of rotatable bonds is 7. The number of aliphatic hydroxyl groups is 1. The highest BCUT2D eigenvalue weighted by Crippen LogP contribution is 2.28. The summed E-state index contributed by atoms with van der Waals surface area (Å²) >= 11 is 6.36. The first kappa shape index (κ1) is 17.3. The first-order chi connectivity index (χ1) is 9.24. The summed E-state index contributed by atoms with van der Waals surface area (Å²) in [5.41, 5.74) is 1.45. The fraction of sp³-hybridized carbons (Fsp3) is 0.625. The van der Waals surface area contributed by atoms with Gasteiger partial charge in [-0.05, 0) is 32.9 Å². The summed E-state index contributed by atoms with van der Waals surface area (Å²) in [6.45, 7) is 12.1. The van der Waals surface area contributed by atoms with Gasteiger partial charge in [0.25, 0.3) is 0 Å². The molecule has 20 heavy (non-hydrogen) atoms. The zero-order chi connectivity index (χ0) is 15.3. The van der Waals surface area contributed by atoms with Crippen LogP contribution in [-0.2, 0) is 6.54 Å². The Hall–Kier alpha value is -0.770. The molecule has 3 nitrogen and oxygen atoms in total. The number of halogens is 1. The molecule has 1 rings (SSSR count). The van der Waals surface area contributed by atoms with E-state index in [9.17, 15) is 5.11 Å². The molecule has 0 saturated heterocycles. The Morgan fingerprint density at radius 3 is 2.50 bits per heavy atom. The molecule has 0 aromatic heterocycles. The second-order valence-corrected chi connectivity index (χ2v) is 6.51. The predicted octanol–water partition coefficient (Wildman–Crippen LogP) is 3.44. The van der Waals surface area contributed by atoms with Gasteiger partial charge in [-0.3, -0.25) is 0 Å². The summed E-state index contributed by atoms with van der Waals surface area (Å²) in [6, 6.07) is 6.35. The molecule has 0 heterocycles. The van der Waals surface area contributed by atoms with Crippen molar-refractivity contribution in [2.24, 2.45) is 0 Å². The second kappa shape index (κ2) is 7.30. The fourth-order valence-corrected chi connectivity index (χ4v) is 2.40. The maximum absolute atomic E-state index is 10.1. The molecular formula is C16H27ClN2O. The van der Waals surface area contributed by atoms with Crippen molar-refractivity contribution in [3.63, 3.8) is 0 Å². The molecule has 2 N–H and O–H groups in total. The van der Waals surface area contributed by atoms with Crippen LogP contribution in [0.2, 0.25) is 5.02 Å². The van der Waals surface area contributed by atoms with Crippen molar-refractivity contribution >= 4 is 17.3 Å². The predicted molar refractivity (Wildman–Crippen MR) is 87.6 cm³/mol.